The number of methoxy groups -OCH3 is 1. The predicted octanol–water partition coefficient (Wildman–Crippen LogP) is 2.12. The van der Waals surface area contributed by atoms with Crippen molar-refractivity contribution < 1.29 is 18.8 Å². The Hall–Kier alpha value is -2.18. The van der Waals surface area contributed by atoms with Crippen LogP contribution in [0.2, 0.25) is 0 Å². The van der Waals surface area contributed by atoms with Crippen LogP contribution in [0, 0.1) is 12.8 Å². The molecule has 1 saturated heterocycles. The molecule has 0 bridgehead atoms. The SMILES string of the molecule is COC(=O)c1ccc(CN[C@@H]2COC[C@H]2Cc2cc(C)no2)cc1. The summed E-state index contributed by atoms with van der Waals surface area (Å²) in [5, 5.41) is 7.47. The molecular weight excluding hydrogens is 308 g/mol. The molecule has 3 rings (SSSR count). The maximum Gasteiger partial charge on any atom is 0.337 e. The minimum atomic E-state index is -0.318. The lowest BCUT2D eigenvalue weighted by Gasteiger charge is -2.18. The summed E-state index contributed by atoms with van der Waals surface area (Å²) in [6, 6.07) is 9.68. The van der Waals surface area contributed by atoms with Gasteiger partial charge in [-0.1, -0.05) is 17.3 Å². The van der Waals surface area contributed by atoms with Gasteiger partial charge in [-0.05, 0) is 24.6 Å². The molecule has 6 heteroatoms. The molecule has 2 aromatic rings. The monoisotopic (exact) mass is 330 g/mol. The topological polar surface area (TPSA) is 73.6 Å². The molecule has 1 aliphatic rings. The number of carbonyl (C=O) groups is 1. The molecule has 0 amide bonds. The van der Waals surface area contributed by atoms with Crippen molar-refractivity contribution in [3.63, 3.8) is 0 Å². The first-order valence-electron chi connectivity index (χ1n) is 8.06. The third-order valence-corrected chi connectivity index (χ3v) is 4.28. The normalized spacial score (nSPS) is 20.2. The highest BCUT2D eigenvalue weighted by Crippen LogP contribution is 2.20. The lowest BCUT2D eigenvalue weighted by Crippen LogP contribution is -2.36. The van der Waals surface area contributed by atoms with Gasteiger partial charge in [-0.3, -0.25) is 0 Å². The van der Waals surface area contributed by atoms with E-state index in [4.69, 9.17) is 14.0 Å². The minimum Gasteiger partial charge on any atom is -0.465 e. The average Bonchev–Trinajstić information content (AvgIpc) is 3.22. The zero-order valence-corrected chi connectivity index (χ0v) is 14.0. The maximum absolute atomic E-state index is 11.4. The predicted molar refractivity (Wildman–Crippen MR) is 87.7 cm³/mol. The molecule has 0 unspecified atom stereocenters. The number of rotatable bonds is 6. The summed E-state index contributed by atoms with van der Waals surface area (Å²) in [6.07, 6.45) is 0.819. The summed E-state index contributed by atoms with van der Waals surface area (Å²) < 4.78 is 15.6. The van der Waals surface area contributed by atoms with Crippen molar-refractivity contribution in [1.82, 2.24) is 10.5 Å². The molecule has 0 aliphatic carbocycles. The van der Waals surface area contributed by atoms with Crippen LogP contribution in [0.15, 0.2) is 34.9 Å². The van der Waals surface area contributed by atoms with E-state index < -0.39 is 0 Å². The summed E-state index contributed by atoms with van der Waals surface area (Å²) in [5.74, 6) is 0.949. The minimum absolute atomic E-state index is 0.274. The third-order valence-electron chi connectivity index (χ3n) is 4.28. The third kappa shape index (κ3) is 4.01. The van der Waals surface area contributed by atoms with Gasteiger partial charge in [-0.25, -0.2) is 4.79 Å². The molecule has 24 heavy (non-hydrogen) atoms. The number of benzene rings is 1. The van der Waals surface area contributed by atoms with Crippen molar-refractivity contribution in [1.29, 1.82) is 0 Å². The molecule has 0 saturated carbocycles. The number of ether oxygens (including phenoxy) is 2. The fraction of sp³-hybridized carbons (Fsp3) is 0.444. The second-order valence-corrected chi connectivity index (χ2v) is 6.11. The van der Waals surface area contributed by atoms with Crippen LogP contribution in [-0.4, -0.2) is 37.5 Å². The number of nitrogens with one attached hydrogen (secondary N) is 1. The van der Waals surface area contributed by atoms with Gasteiger partial charge in [-0.2, -0.15) is 0 Å². The first-order valence-corrected chi connectivity index (χ1v) is 8.06. The molecule has 2 atom stereocenters. The largest absolute Gasteiger partial charge is 0.465 e. The van der Waals surface area contributed by atoms with Gasteiger partial charge in [0.2, 0.25) is 0 Å². The second kappa shape index (κ2) is 7.59. The van der Waals surface area contributed by atoms with E-state index in [0.29, 0.717) is 18.1 Å². The van der Waals surface area contributed by atoms with E-state index >= 15 is 0 Å². The quantitative estimate of drug-likeness (QED) is 0.818. The average molecular weight is 330 g/mol. The van der Waals surface area contributed by atoms with E-state index in [-0.39, 0.29) is 12.0 Å². The first-order chi connectivity index (χ1) is 11.7. The highest BCUT2D eigenvalue weighted by Gasteiger charge is 2.29. The fourth-order valence-electron chi connectivity index (χ4n) is 2.92. The van der Waals surface area contributed by atoms with E-state index in [1.165, 1.54) is 7.11 Å². The summed E-state index contributed by atoms with van der Waals surface area (Å²) >= 11 is 0. The van der Waals surface area contributed by atoms with Gasteiger partial charge < -0.3 is 19.3 Å². The van der Waals surface area contributed by atoms with Crippen LogP contribution < -0.4 is 5.32 Å². The van der Waals surface area contributed by atoms with Crippen LogP contribution in [0.3, 0.4) is 0 Å². The summed E-state index contributed by atoms with van der Waals surface area (Å²) in [6.45, 7) is 4.06. The zero-order valence-electron chi connectivity index (χ0n) is 14.0. The highest BCUT2D eigenvalue weighted by atomic mass is 16.5. The highest BCUT2D eigenvalue weighted by molar-refractivity contribution is 5.89. The van der Waals surface area contributed by atoms with Crippen molar-refractivity contribution in [2.75, 3.05) is 20.3 Å². The molecule has 128 valence electrons. The van der Waals surface area contributed by atoms with Gasteiger partial charge in [0.15, 0.2) is 0 Å². The van der Waals surface area contributed by atoms with Crippen LogP contribution in [-0.2, 0) is 22.4 Å². The van der Waals surface area contributed by atoms with Crippen molar-refractivity contribution in [2.45, 2.75) is 25.9 Å². The lowest BCUT2D eigenvalue weighted by molar-refractivity contribution is 0.0600. The van der Waals surface area contributed by atoms with Crippen LogP contribution in [0.4, 0.5) is 0 Å². The number of carbonyl (C=O) groups excluding carboxylic acids is 1. The molecule has 1 aromatic heterocycles. The molecule has 1 aliphatic heterocycles. The van der Waals surface area contributed by atoms with Crippen molar-refractivity contribution in [2.24, 2.45) is 5.92 Å². The molecule has 1 N–H and O–H groups in total. The van der Waals surface area contributed by atoms with E-state index in [0.717, 1.165) is 36.6 Å². The van der Waals surface area contributed by atoms with Crippen molar-refractivity contribution >= 4 is 5.97 Å². The number of hydrogen-bond donors (Lipinski definition) is 1. The van der Waals surface area contributed by atoms with Gasteiger partial charge in [0, 0.05) is 31.0 Å². The van der Waals surface area contributed by atoms with Crippen molar-refractivity contribution in [3.05, 3.63) is 52.9 Å². The van der Waals surface area contributed by atoms with E-state index in [2.05, 4.69) is 10.5 Å². The van der Waals surface area contributed by atoms with Crippen LogP contribution in [0.1, 0.15) is 27.4 Å². The summed E-state index contributed by atoms with van der Waals surface area (Å²) in [4.78, 5) is 11.4. The Morgan fingerprint density at radius 1 is 1.33 bits per heavy atom. The fourth-order valence-corrected chi connectivity index (χ4v) is 2.92. The molecular formula is C18H22N2O4. The lowest BCUT2D eigenvalue weighted by atomic mass is 9.98. The standard InChI is InChI=1S/C18H22N2O4/c1-12-7-16(24-20-12)8-15-10-23-11-17(15)19-9-13-3-5-14(6-4-13)18(21)22-2/h3-7,15,17,19H,8-11H2,1-2H3/t15-,17-/m1/s1. The Bertz CT molecular complexity index is 681. The number of esters is 1. The van der Waals surface area contributed by atoms with Gasteiger partial charge >= 0.3 is 5.97 Å². The van der Waals surface area contributed by atoms with Crippen LogP contribution in [0.25, 0.3) is 0 Å². The molecule has 6 nitrogen and oxygen atoms in total. The Balaban J connectivity index is 1.54. The van der Waals surface area contributed by atoms with Gasteiger partial charge in [-0.15, -0.1) is 0 Å². The Morgan fingerprint density at radius 2 is 2.12 bits per heavy atom. The smallest absolute Gasteiger partial charge is 0.337 e. The Labute approximate surface area is 141 Å². The van der Waals surface area contributed by atoms with E-state index in [1.54, 1.807) is 12.1 Å². The first kappa shape index (κ1) is 16.7. The Morgan fingerprint density at radius 3 is 2.79 bits per heavy atom. The number of hydrogen-bond acceptors (Lipinski definition) is 6. The van der Waals surface area contributed by atoms with Crippen LogP contribution >= 0.6 is 0 Å². The Kier molecular flexibility index (Phi) is 5.27. The zero-order chi connectivity index (χ0) is 16.9. The summed E-state index contributed by atoms with van der Waals surface area (Å²) in [7, 11) is 1.38. The number of aromatic nitrogens is 1. The molecule has 2 heterocycles. The van der Waals surface area contributed by atoms with E-state index in [9.17, 15) is 4.79 Å². The molecule has 1 fully saturated rings. The van der Waals surface area contributed by atoms with Gasteiger partial charge in [0.05, 0.1) is 31.6 Å². The van der Waals surface area contributed by atoms with Gasteiger partial charge in [0.25, 0.3) is 0 Å². The number of nitrogens with zero attached hydrogens (tertiary/aromatic N) is 1. The van der Waals surface area contributed by atoms with Gasteiger partial charge in [0.1, 0.15) is 5.76 Å². The maximum atomic E-state index is 11.4. The van der Waals surface area contributed by atoms with E-state index in [1.807, 2.05) is 25.1 Å². The molecule has 0 spiro atoms. The summed E-state index contributed by atoms with van der Waals surface area (Å²) in [5.41, 5.74) is 2.58. The molecule has 1 aromatic carbocycles. The second-order valence-electron chi connectivity index (χ2n) is 6.11. The van der Waals surface area contributed by atoms with Crippen LogP contribution in [0.5, 0.6) is 0 Å². The number of aryl methyl sites for hydroxylation is 1. The molecule has 0 radical (unpaired) electrons. The van der Waals surface area contributed by atoms with Crippen molar-refractivity contribution in [3.8, 4) is 0 Å².